The lowest BCUT2D eigenvalue weighted by Crippen LogP contribution is -2.24. The van der Waals surface area contributed by atoms with Crippen LogP contribution in [0.3, 0.4) is 0 Å². The molecule has 2 heterocycles. The molecule has 0 bridgehead atoms. The summed E-state index contributed by atoms with van der Waals surface area (Å²) >= 11 is 0. The highest BCUT2D eigenvalue weighted by Gasteiger charge is 2.30. The first-order valence-corrected chi connectivity index (χ1v) is 8.86. The van der Waals surface area contributed by atoms with E-state index in [1.54, 1.807) is 36.4 Å². The molecule has 0 spiro atoms. The highest BCUT2D eigenvalue weighted by Crippen LogP contribution is 2.25. The van der Waals surface area contributed by atoms with E-state index in [-0.39, 0.29) is 11.4 Å². The van der Waals surface area contributed by atoms with Gasteiger partial charge < -0.3 is 0 Å². The summed E-state index contributed by atoms with van der Waals surface area (Å²) in [6, 6.07) is 15.2. The van der Waals surface area contributed by atoms with Crippen molar-refractivity contribution in [3.63, 3.8) is 0 Å². The second-order valence-corrected chi connectivity index (χ2v) is 6.69. The molecule has 6 nitrogen and oxygen atoms in total. The molecule has 0 saturated heterocycles. The summed E-state index contributed by atoms with van der Waals surface area (Å²) in [5.74, 6) is -2.76. The largest absolute Gasteiger partial charge is 0.269 e. The van der Waals surface area contributed by atoms with Gasteiger partial charge in [0.15, 0.2) is 11.6 Å². The van der Waals surface area contributed by atoms with Gasteiger partial charge >= 0.3 is 0 Å². The molecule has 2 aromatic heterocycles. The van der Waals surface area contributed by atoms with Crippen molar-refractivity contribution in [1.29, 1.82) is 0 Å². The zero-order valence-corrected chi connectivity index (χ0v) is 15.1. The zero-order chi connectivity index (χ0) is 21.2. The van der Waals surface area contributed by atoms with Crippen LogP contribution in [0.1, 0.15) is 0 Å². The van der Waals surface area contributed by atoms with E-state index < -0.39 is 55.4 Å². The van der Waals surface area contributed by atoms with Crippen LogP contribution in [0.25, 0.3) is 32.9 Å². The van der Waals surface area contributed by atoms with Crippen LogP contribution in [0, 0.1) is 11.6 Å². The quantitative estimate of drug-likeness (QED) is 0.452. The third-order valence-corrected chi connectivity index (χ3v) is 5.07. The lowest BCUT2D eigenvalue weighted by Gasteiger charge is -1.98. The molecular weight excluding hydrogens is 394 g/mol. The van der Waals surface area contributed by atoms with Crippen molar-refractivity contribution < 1.29 is 8.78 Å². The molecule has 0 aliphatic carbocycles. The van der Waals surface area contributed by atoms with Crippen molar-refractivity contribution in [1.82, 2.24) is 9.13 Å². The Labute approximate surface area is 165 Å². The number of para-hydroxylation sites is 2. The number of benzene rings is 3. The molecule has 0 aliphatic heterocycles. The summed E-state index contributed by atoms with van der Waals surface area (Å²) in [4.78, 5) is 51.2. The Morgan fingerprint density at radius 1 is 0.467 bits per heavy atom. The Hall–Kier alpha value is -4.20. The van der Waals surface area contributed by atoms with E-state index in [0.717, 1.165) is 0 Å². The van der Waals surface area contributed by atoms with Gasteiger partial charge in [-0.3, -0.25) is 19.2 Å². The van der Waals surface area contributed by atoms with Gasteiger partial charge in [-0.25, -0.2) is 17.9 Å². The molecule has 5 aromatic rings. The first kappa shape index (κ1) is 17.9. The number of fused-ring (bicyclic) bond motifs is 2. The van der Waals surface area contributed by atoms with E-state index in [2.05, 4.69) is 0 Å². The zero-order valence-electron chi connectivity index (χ0n) is 15.1. The van der Waals surface area contributed by atoms with Crippen LogP contribution in [0.2, 0.25) is 0 Å². The SMILES string of the molecule is O=c1c2c(F)c3c(=O)n(-c4ccccc4)c(=O)c3c(F)c2c(=O)n1-c1ccccc1. The average Bonchev–Trinajstić information content (AvgIpc) is 3.17. The number of halogens is 2. The van der Waals surface area contributed by atoms with Crippen molar-refractivity contribution in [2.24, 2.45) is 0 Å². The van der Waals surface area contributed by atoms with Gasteiger partial charge in [0.25, 0.3) is 22.2 Å². The fourth-order valence-corrected chi connectivity index (χ4v) is 3.75. The van der Waals surface area contributed by atoms with Gasteiger partial charge in [-0.1, -0.05) is 36.4 Å². The van der Waals surface area contributed by atoms with Gasteiger partial charge in [0.05, 0.1) is 32.9 Å². The summed E-state index contributed by atoms with van der Waals surface area (Å²) in [7, 11) is 0. The number of hydrogen-bond acceptors (Lipinski definition) is 4. The van der Waals surface area contributed by atoms with Crippen molar-refractivity contribution in [3.8, 4) is 11.4 Å². The van der Waals surface area contributed by atoms with Crippen LogP contribution in [0.5, 0.6) is 0 Å². The molecule has 146 valence electrons. The molecule has 0 atom stereocenters. The molecule has 0 amide bonds. The van der Waals surface area contributed by atoms with Crippen LogP contribution in [0.15, 0.2) is 79.8 Å². The van der Waals surface area contributed by atoms with E-state index in [1.165, 1.54) is 24.3 Å². The minimum absolute atomic E-state index is 0.117. The van der Waals surface area contributed by atoms with Crippen molar-refractivity contribution >= 4 is 21.5 Å². The van der Waals surface area contributed by atoms with Crippen LogP contribution >= 0.6 is 0 Å². The van der Waals surface area contributed by atoms with E-state index in [0.29, 0.717) is 9.13 Å². The van der Waals surface area contributed by atoms with Crippen molar-refractivity contribution in [3.05, 3.63) is 114 Å². The summed E-state index contributed by atoms with van der Waals surface area (Å²) in [5.41, 5.74) is -4.16. The van der Waals surface area contributed by atoms with Crippen LogP contribution in [-0.2, 0) is 0 Å². The third kappa shape index (κ3) is 2.15. The Kier molecular flexibility index (Phi) is 3.66. The molecule has 3 aromatic carbocycles. The molecule has 0 saturated carbocycles. The highest BCUT2D eigenvalue weighted by atomic mass is 19.1. The van der Waals surface area contributed by atoms with E-state index in [9.17, 15) is 19.2 Å². The smallest absolute Gasteiger partial charge is 0.268 e. The predicted octanol–water partition coefficient (Wildman–Crippen LogP) is 2.17. The van der Waals surface area contributed by atoms with Gasteiger partial charge in [-0.05, 0) is 24.3 Å². The Morgan fingerprint density at radius 3 is 1.00 bits per heavy atom. The van der Waals surface area contributed by atoms with Gasteiger partial charge in [-0.2, -0.15) is 0 Å². The molecule has 8 heteroatoms. The second kappa shape index (κ2) is 6.15. The Morgan fingerprint density at radius 2 is 0.733 bits per heavy atom. The summed E-state index contributed by atoms with van der Waals surface area (Å²) in [6.45, 7) is 0. The lowest BCUT2D eigenvalue weighted by molar-refractivity contribution is 0.634. The average molecular weight is 404 g/mol. The number of hydrogen-bond donors (Lipinski definition) is 0. The number of aromatic nitrogens is 2. The maximum atomic E-state index is 15.3. The maximum absolute atomic E-state index is 15.3. The van der Waals surface area contributed by atoms with Crippen LogP contribution in [0.4, 0.5) is 8.78 Å². The van der Waals surface area contributed by atoms with Gasteiger partial charge in [-0.15, -0.1) is 0 Å². The Balaban J connectivity index is 2.01. The normalized spacial score (nSPS) is 11.5. The summed E-state index contributed by atoms with van der Waals surface area (Å²) < 4.78 is 31.9. The van der Waals surface area contributed by atoms with Crippen molar-refractivity contribution in [2.45, 2.75) is 0 Å². The van der Waals surface area contributed by atoms with Crippen LogP contribution < -0.4 is 22.2 Å². The molecular formula is C22H10F2N2O4. The topological polar surface area (TPSA) is 78.1 Å². The fourth-order valence-electron chi connectivity index (χ4n) is 3.75. The molecule has 0 unspecified atom stereocenters. The number of nitrogens with zero attached hydrogens (tertiary/aromatic N) is 2. The highest BCUT2D eigenvalue weighted by molar-refractivity contribution is 6.00. The minimum atomic E-state index is -1.38. The molecule has 0 fully saturated rings. The molecule has 0 N–H and O–H groups in total. The lowest BCUT2D eigenvalue weighted by atomic mass is 10.1. The first-order valence-electron chi connectivity index (χ1n) is 8.86. The maximum Gasteiger partial charge on any atom is 0.269 e. The number of rotatable bonds is 2. The van der Waals surface area contributed by atoms with Gasteiger partial charge in [0, 0.05) is 0 Å². The van der Waals surface area contributed by atoms with E-state index >= 15 is 8.78 Å². The van der Waals surface area contributed by atoms with E-state index in [4.69, 9.17) is 0 Å². The predicted molar refractivity (Wildman–Crippen MR) is 107 cm³/mol. The van der Waals surface area contributed by atoms with Gasteiger partial charge in [0.1, 0.15) is 0 Å². The third-order valence-electron chi connectivity index (χ3n) is 5.07. The first-order chi connectivity index (χ1) is 14.4. The molecule has 5 rings (SSSR count). The Bertz CT molecular complexity index is 1470. The summed E-state index contributed by atoms with van der Waals surface area (Å²) in [6.07, 6.45) is 0. The second-order valence-electron chi connectivity index (χ2n) is 6.69. The minimum Gasteiger partial charge on any atom is -0.268 e. The molecule has 0 radical (unpaired) electrons. The summed E-state index contributed by atoms with van der Waals surface area (Å²) in [5, 5.41) is -3.40. The molecule has 0 aliphatic rings. The standard InChI is InChI=1S/C22H10F2N2O4/c23-17-13-14(20(28)25(19(13)27)11-7-3-1-4-8-11)18(24)16-15(17)21(29)26(22(16)30)12-9-5-2-6-10-12/h1-10H. The van der Waals surface area contributed by atoms with Crippen molar-refractivity contribution in [2.75, 3.05) is 0 Å². The van der Waals surface area contributed by atoms with Gasteiger partial charge in [0.2, 0.25) is 0 Å². The molecule has 30 heavy (non-hydrogen) atoms. The monoisotopic (exact) mass is 404 g/mol. The fraction of sp³-hybridized carbons (Fsp3) is 0. The van der Waals surface area contributed by atoms with Crippen LogP contribution in [-0.4, -0.2) is 9.13 Å². The van der Waals surface area contributed by atoms with E-state index in [1.807, 2.05) is 0 Å².